The second-order valence-electron chi connectivity index (χ2n) is 11.9. The van der Waals surface area contributed by atoms with Gasteiger partial charge in [0.2, 0.25) is 5.82 Å². The molecule has 1 aliphatic carbocycles. The van der Waals surface area contributed by atoms with Crippen molar-refractivity contribution in [1.29, 1.82) is 0 Å². The van der Waals surface area contributed by atoms with Crippen LogP contribution in [0, 0.1) is 12.7 Å². The lowest BCUT2D eigenvalue weighted by Crippen LogP contribution is -2.60. The van der Waals surface area contributed by atoms with Gasteiger partial charge in [-0.3, -0.25) is 4.79 Å². The number of halogens is 4. The lowest BCUT2D eigenvalue weighted by atomic mass is 9.83. The highest BCUT2D eigenvalue weighted by Gasteiger charge is 2.41. The molecule has 3 aromatic carbocycles. The van der Waals surface area contributed by atoms with E-state index in [1.807, 2.05) is 41.3 Å². The maximum atomic E-state index is 14.7. The van der Waals surface area contributed by atoms with E-state index in [0.29, 0.717) is 40.9 Å². The van der Waals surface area contributed by atoms with Gasteiger partial charge in [0.25, 0.3) is 11.8 Å². The molecule has 8 nitrogen and oxygen atoms in total. The summed E-state index contributed by atoms with van der Waals surface area (Å²) in [4.78, 5) is 20.6. The number of nitrogens with one attached hydrogen (secondary N) is 2. The number of hydrogen-bond donors (Lipinski definition) is 2. The van der Waals surface area contributed by atoms with Crippen LogP contribution in [0.4, 0.5) is 4.39 Å². The van der Waals surface area contributed by atoms with Gasteiger partial charge in [-0.25, -0.2) is 4.39 Å². The number of amides is 1. The van der Waals surface area contributed by atoms with Crippen molar-refractivity contribution in [1.82, 2.24) is 25.7 Å². The molecule has 2 atom stereocenters. The number of benzene rings is 3. The van der Waals surface area contributed by atoms with Crippen LogP contribution >= 0.6 is 34.8 Å². The van der Waals surface area contributed by atoms with E-state index in [2.05, 4.69) is 20.8 Å². The number of aryl methyl sites for hydroxylation is 1. The van der Waals surface area contributed by atoms with Crippen LogP contribution in [0.3, 0.4) is 0 Å². The maximum absolute atomic E-state index is 14.7. The fourth-order valence-electron chi connectivity index (χ4n) is 6.17. The Labute approximate surface area is 280 Å². The molecule has 46 heavy (non-hydrogen) atoms. The van der Waals surface area contributed by atoms with Crippen LogP contribution < -0.4 is 15.4 Å². The number of hydrogen-bond acceptors (Lipinski definition) is 7. The molecule has 1 saturated heterocycles. The number of piperazine rings is 1. The molecule has 2 N–H and O–H groups in total. The molecular weight excluding hydrogens is 652 g/mol. The molecule has 2 aliphatic heterocycles. The van der Waals surface area contributed by atoms with E-state index in [9.17, 15) is 9.18 Å². The van der Waals surface area contributed by atoms with E-state index in [1.54, 1.807) is 25.1 Å². The lowest BCUT2D eigenvalue weighted by molar-refractivity contribution is -0.128. The van der Waals surface area contributed by atoms with Crippen LogP contribution in [0.2, 0.25) is 15.1 Å². The number of carbonyl (C=O) groups excluding carboxylic acids is 1. The predicted octanol–water partition coefficient (Wildman–Crippen LogP) is 7.00. The van der Waals surface area contributed by atoms with Crippen molar-refractivity contribution in [3.63, 3.8) is 0 Å². The number of carbonyl (C=O) groups is 1. The fraction of sp³-hybridized carbons (Fsp3) is 0.324. The van der Waals surface area contributed by atoms with Gasteiger partial charge in [0.05, 0.1) is 26.7 Å². The maximum Gasteiger partial charge on any atom is 0.264 e. The van der Waals surface area contributed by atoms with Crippen molar-refractivity contribution in [2.24, 2.45) is 0 Å². The molecule has 238 valence electrons. The minimum Gasteiger partial charge on any atom is -0.484 e. The van der Waals surface area contributed by atoms with Gasteiger partial charge in [-0.1, -0.05) is 70.3 Å². The van der Waals surface area contributed by atoms with Crippen LogP contribution in [0.1, 0.15) is 41.8 Å². The standard InChI is InChI=1S/C34H31Cl3FN5O3/c1-18-5-12-25(35)30(32(18)38)33-41-28(46-42-33)17-45-23-10-6-19(7-11-23)24-13-21-14-39-15-27(40-21)29(24)34(44)43(22-8-9-22)16-20-3-2-4-26(36)31(20)37/h2-7,10-12,21-22,27,39-40H,8-9,13-17H2,1H3/t21-,27-/m1/s1. The van der Waals surface area contributed by atoms with Crippen molar-refractivity contribution in [3.8, 4) is 17.1 Å². The summed E-state index contributed by atoms with van der Waals surface area (Å²) in [5, 5.41) is 12.2. The van der Waals surface area contributed by atoms with Crippen molar-refractivity contribution >= 4 is 46.3 Å². The van der Waals surface area contributed by atoms with E-state index >= 15 is 0 Å². The molecule has 7 rings (SSSR count). The van der Waals surface area contributed by atoms with Crippen molar-refractivity contribution in [2.45, 2.75) is 57.5 Å². The second-order valence-corrected chi connectivity index (χ2v) is 13.1. The van der Waals surface area contributed by atoms with E-state index in [-0.39, 0.29) is 52.9 Å². The highest BCUT2D eigenvalue weighted by molar-refractivity contribution is 6.42. The minimum absolute atomic E-state index is 0.00796. The minimum atomic E-state index is -0.491. The summed E-state index contributed by atoms with van der Waals surface area (Å²) in [6, 6.07) is 16.7. The summed E-state index contributed by atoms with van der Waals surface area (Å²) in [5.41, 5.74) is 4.15. The zero-order valence-electron chi connectivity index (χ0n) is 25.0. The lowest BCUT2D eigenvalue weighted by Gasteiger charge is -2.41. The average Bonchev–Trinajstić information content (AvgIpc) is 3.80. The highest BCUT2D eigenvalue weighted by atomic mass is 35.5. The number of rotatable bonds is 9. The largest absolute Gasteiger partial charge is 0.484 e. The Hall–Kier alpha value is -3.47. The van der Waals surface area contributed by atoms with Gasteiger partial charge in [-0.2, -0.15) is 4.98 Å². The molecule has 0 spiro atoms. The molecule has 4 aromatic rings. The van der Waals surface area contributed by atoms with Crippen LogP contribution in [0.25, 0.3) is 17.0 Å². The second kappa shape index (κ2) is 13.0. The Balaban J connectivity index is 1.12. The number of aromatic nitrogens is 2. The molecule has 12 heteroatoms. The third-order valence-electron chi connectivity index (χ3n) is 8.69. The normalized spacial score (nSPS) is 19.3. The molecule has 1 saturated carbocycles. The van der Waals surface area contributed by atoms with E-state index < -0.39 is 5.82 Å². The van der Waals surface area contributed by atoms with Gasteiger partial charge in [-0.05, 0) is 72.7 Å². The number of ether oxygens (including phenoxy) is 1. The molecule has 3 aliphatic rings. The molecule has 0 radical (unpaired) electrons. The summed E-state index contributed by atoms with van der Waals surface area (Å²) in [5.74, 6) is 0.363. The summed E-state index contributed by atoms with van der Waals surface area (Å²) < 4.78 is 25.9. The van der Waals surface area contributed by atoms with E-state index in [0.717, 1.165) is 41.7 Å². The Kier molecular flexibility index (Phi) is 8.78. The van der Waals surface area contributed by atoms with Crippen LogP contribution in [0.5, 0.6) is 5.75 Å². The molecule has 2 fully saturated rings. The van der Waals surface area contributed by atoms with Crippen molar-refractivity contribution < 1.29 is 18.4 Å². The summed E-state index contributed by atoms with van der Waals surface area (Å²) in [6.45, 7) is 3.53. The Morgan fingerprint density at radius 2 is 1.87 bits per heavy atom. The zero-order valence-corrected chi connectivity index (χ0v) is 27.2. The van der Waals surface area contributed by atoms with Crippen molar-refractivity contribution in [3.05, 3.63) is 104 Å². The van der Waals surface area contributed by atoms with Gasteiger partial charge in [0.1, 0.15) is 11.6 Å². The molecule has 1 aromatic heterocycles. The van der Waals surface area contributed by atoms with Crippen LogP contribution in [0.15, 0.2) is 64.7 Å². The van der Waals surface area contributed by atoms with Crippen molar-refractivity contribution in [2.75, 3.05) is 13.1 Å². The average molecular weight is 683 g/mol. The van der Waals surface area contributed by atoms with Gasteiger partial charge < -0.3 is 24.8 Å². The molecule has 2 bridgehead atoms. The Morgan fingerprint density at radius 3 is 2.65 bits per heavy atom. The van der Waals surface area contributed by atoms with Gasteiger partial charge in [0.15, 0.2) is 6.61 Å². The third-order valence-corrected chi connectivity index (χ3v) is 9.87. The Morgan fingerprint density at radius 1 is 1.07 bits per heavy atom. The highest BCUT2D eigenvalue weighted by Crippen LogP contribution is 2.38. The van der Waals surface area contributed by atoms with E-state index in [4.69, 9.17) is 44.1 Å². The van der Waals surface area contributed by atoms with E-state index in [1.165, 1.54) is 0 Å². The first-order valence-corrected chi connectivity index (χ1v) is 16.3. The molecular formula is C34H31Cl3FN5O3. The number of fused-ring (bicyclic) bond motifs is 2. The summed E-state index contributed by atoms with van der Waals surface area (Å²) >= 11 is 19.0. The SMILES string of the molecule is Cc1ccc(Cl)c(-c2noc(COc3ccc(C4=C(C(=O)N(Cc5cccc(Cl)c5Cl)C5CC5)[C@H]5CNC[C@@H](C4)N5)cc3)n2)c1F. The molecule has 3 heterocycles. The predicted molar refractivity (Wildman–Crippen MR) is 175 cm³/mol. The van der Waals surface area contributed by atoms with Crippen LogP contribution in [-0.4, -0.2) is 52.2 Å². The van der Waals surface area contributed by atoms with Gasteiger partial charge in [-0.15, -0.1) is 0 Å². The quantitative estimate of drug-likeness (QED) is 0.196. The first-order valence-electron chi connectivity index (χ1n) is 15.2. The number of nitrogens with zero attached hydrogens (tertiary/aromatic N) is 3. The smallest absolute Gasteiger partial charge is 0.264 e. The first kappa shape index (κ1) is 31.1. The third kappa shape index (κ3) is 6.27. The summed E-state index contributed by atoms with van der Waals surface area (Å²) in [6.07, 6.45) is 2.64. The fourth-order valence-corrected chi connectivity index (χ4v) is 6.79. The van der Waals surface area contributed by atoms with Gasteiger partial charge >= 0.3 is 0 Å². The monoisotopic (exact) mass is 681 g/mol. The molecule has 0 unspecified atom stereocenters. The van der Waals surface area contributed by atoms with Crippen LogP contribution in [-0.2, 0) is 17.9 Å². The Bertz CT molecular complexity index is 1830. The first-order chi connectivity index (χ1) is 22.3. The molecule has 1 amide bonds. The zero-order chi connectivity index (χ0) is 31.9. The van der Waals surface area contributed by atoms with Gasteiger partial charge in [0, 0.05) is 37.3 Å². The topological polar surface area (TPSA) is 92.5 Å². The summed E-state index contributed by atoms with van der Waals surface area (Å²) in [7, 11) is 0.